The van der Waals surface area contributed by atoms with Crippen LogP contribution in [-0.2, 0) is 4.79 Å². The number of ether oxygens (including phenoxy) is 3. The Balaban J connectivity index is 1.84. The highest BCUT2D eigenvalue weighted by molar-refractivity contribution is 5.81. The molecule has 0 aliphatic rings. The zero-order valence-electron chi connectivity index (χ0n) is 15.9. The highest BCUT2D eigenvalue weighted by Crippen LogP contribution is 2.25. The van der Waals surface area contributed by atoms with Crippen LogP contribution in [0.25, 0.3) is 0 Å². The molecule has 5 heteroatoms. The molecule has 0 unspecified atom stereocenters. The second kappa shape index (κ2) is 9.70. The molecular weight excluding hydrogens is 330 g/mol. The molecule has 0 spiro atoms. The monoisotopic (exact) mass is 357 g/mol. The number of nitrogens with one attached hydrogen (secondary N) is 1. The van der Waals surface area contributed by atoms with E-state index in [1.165, 1.54) is 0 Å². The molecule has 0 fully saturated rings. The molecule has 1 N–H and O–H groups in total. The summed E-state index contributed by atoms with van der Waals surface area (Å²) in [4.78, 5) is 12.4. The van der Waals surface area contributed by atoms with E-state index in [1.54, 1.807) is 7.11 Å². The summed E-state index contributed by atoms with van der Waals surface area (Å²) in [6.07, 6.45) is 0.0637. The topological polar surface area (TPSA) is 56.8 Å². The van der Waals surface area contributed by atoms with Crippen molar-refractivity contribution in [3.63, 3.8) is 0 Å². The van der Waals surface area contributed by atoms with Gasteiger partial charge < -0.3 is 19.5 Å². The Morgan fingerprint density at radius 3 is 2.42 bits per heavy atom. The van der Waals surface area contributed by atoms with Crippen molar-refractivity contribution in [3.05, 3.63) is 53.6 Å². The van der Waals surface area contributed by atoms with Gasteiger partial charge in [0, 0.05) is 0 Å². The number of para-hydroxylation sites is 2. The van der Waals surface area contributed by atoms with E-state index >= 15 is 0 Å². The molecule has 2 aromatic carbocycles. The first-order valence-electron chi connectivity index (χ1n) is 8.83. The van der Waals surface area contributed by atoms with Gasteiger partial charge in [-0.1, -0.05) is 31.2 Å². The van der Waals surface area contributed by atoms with Crippen LogP contribution in [0.2, 0.25) is 0 Å². The average molecular weight is 357 g/mol. The Hall–Kier alpha value is -2.69. The molecule has 26 heavy (non-hydrogen) atoms. The first-order chi connectivity index (χ1) is 12.6. The lowest BCUT2D eigenvalue weighted by atomic mass is 10.1. The van der Waals surface area contributed by atoms with Crippen molar-refractivity contribution in [1.82, 2.24) is 5.32 Å². The maximum Gasteiger partial charge on any atom is 0.261 e. The van der Waals surface area contributed by atoms with Crippen molar-refractivity contribution < 1.29 is 19.0 Å². The fraction of sp³-hybridized carbons (Fsp3) is 0.381. The lowest BCUT2D eigenvalue weighted by Gasteiger charge is -2.19. The molecule has 0 saturated carbocycles. The molecule has 0 aromatic heterocycles. The van der Waals surface area contributed by atoms with E-state index < -0.39 is 6.10 Å². The predicted octanol–water partition coefficient (Wildman–Crippen LogP) is 3.66. The second-order valence-corrected chi connectivity index (χ2v) is 6.00. The first-order valence-corrected chi connectivity index (χ1v) is 8.83. The molecule has 0 heterocycles. The van der Waals surface area contributed by atoms with Crippen LogP contribution < -0.4 is 19.5 Å². The third-order valence-corrected chi connectivity index (χ3v) is 4.22. The summed E-state index contributed by atoms with van der Waals surface area (Å²) < 4.78 is 16.8. The summed E-state index contributed by atoms with van der Waals surface area (Å²) in [6.45, 7) is 6.70. The first kappa shape index (κ1) is 19.6. The fourth-order valence-corrected chi connectivity index (χ4v) is 2.51. The van der Waals surface area contributed by atoms with Crippen LogP contribution in [0.3, 0.4) is 0 Å². The van der Waals surface area contributed by atoms with Crippen molar-refractivity contribution in [2.45, 2.75) is 33.3 Å². The Bertz CT molecular complexity index is 730. The molecule has 0 saturated heterocycles. The SMILES string of the molecule is CC[C@@H](Oc1cccc(C)c1C)C(=O)NCCOc1ccccc1OC. The number of hydrogen-bond donors (Lipinski definition) is 1. The standard InChI is InChI=1S/C21H27NO4/c1-5-17(26-18-12-8-9-15(2)16(18)3)21(23)22-13-14-25-20-11-7-6-10-19(20)24-4/h6-12,17H,5,13-14H2,1-4H3,(H,22,23)/t17-/m1/s1. The number of benzene rings is 2. The van der Waals surface area contributed by atoms with E-state index in [0.717, 1.165) is 16.9 Å². The molecule has 0 aliphatic heterocycles. The van der Waals surface area contributed by atoms with Gasteiger partial charge in [-0.25, -0.2) is 0 Å². The maximum absolute atomic E-state index is 12.4. The van der Waals surface area contributed by atoms with Gasteiger partial charge in [0.05, 0.1) is 13.7 Å². The van der Waals surface area contributed by atoms with Crippen molar-refractivity contribution in [3.8, 4) is 17.2 Å². The number of carbonyl (C=O) groups excluding carboxylic acids is 1. The van der Waals surface area contributed by atoms with Gasteiger partial charge in [-0.05, 0) is 49.6 Å². The number of carbonyl (C=O) groups is 1. The number of amides is 1. The summed E-state index contributed by atoms with van der Waals surface area (Å²) in [5, 5.41) is 2.87. The van der Waals surface area contributed by atoms with E-state index in [0.29, 0.717) is 31.1 Å². The minimum Gasteiger partial charge on any atom is -0.493 e. The number of hydrogen-bond acceptors (Lipinski definition) is 4. The summed E-state index contributed by atoms with van der Waals surface area (Å²) in [5.74, 6) is 1.93. The van der Waals surface area contributed by atoms with Gasteiger partial charge in [-0.3, -0.25) is 4.79 Å². The Kier molecular flexibility index (Phi) is 7.33. The quantitative estimate of drug-likeness (QED) is 0.696. The summed E-state index contributed by atoms with van der Waals surface area (Å²) in [5.41, 5.74) is 2.20. The van der Waals surface area contributed by atoms with E-state index in [9.17, 15) is 4.79 Å². The average Bonchev–Trinajstić information content (AvgIpc) is 2.66. The molecule has 0 aliphatic carbocycles. The number of rotatable bonds is 9. The van der Waals surface area contributed by atoms with E-state index in [4.69, 9.17) is 14.2 Å². The molecule has 0 radical (unpaired) electrons. The highest BCUT2D eigenvalue weighted by Gasteiger charge is 2.19. The van der Waals surface area contributed by atoms with Crippen molar-refractivity contribution in [1.29, 1.82) is 0 Å². The zero-order valence-corrected chi connectivity index (χ0v) is 15.9. The van der Waals surface area contributed by atoms with E-state index in [1.807, 2.05) is 63.2 Å². The Morgan fingerprint density at radius 2 is 1.73 bits per heavy atom. The van der Waals surface area contributed by atoms with Crippen molar-refractivity contribution >= 4 is 5.91 Å². The minimum atomic E-state index is -0.526. The summed E-state index contributed by atoms with van der Waals surface area (Å²) >= 11 is 0. The molecule has 5 nitrogen and oxygen atoms in total. The van der Waals surface area contributed by atoms with Crippen LogP contribution in [-0.4, -0.2) is 32.3 Å². The summed E-state index contributed by atoms with van der Waals surface area (Å²) in [6, 6.07) is 13.3. The van der Waals surface area contributed by atoms with Gasteiger partial charge in [0.25, 0.3) is 5.91 Å². The molecule has 0 bridgehead atoms. The van der Waals surface area contributed by atoms with Gasteiger partial charge in [-0.2, -0.15) is 0 Å². The third kappa shape index (κ3) is 5.15. The summed E-state index contributed by atoms with van der Waals surface area (Å²) in [7, 11) is 1.60. The van der Waals surface area contributed by atoms with Gasteiger partial charge in [0.1, 0.15) is 12.4 Å². The minimum absolute atomic E-state index is 0.142. The Labute approximate surface area is 155 Å². The van der Waals surface area contributed by atoms with Crippen molar-refractivity contribution in [2.75, 3.05) is 20.3 Å². The molecule has 140 valence electrons. The normalized spacial score (nSPS) is 11.5. The molecular formula is C21H27NO4. The van der Waals surface area contributed by atoms with Crippen LogP contribution in [0.4, 0.5) is 0 Å². The molecule has 2 aromatic rings. The van der Waals surface area contributed by atoms with Gasteiger partial charge >= 0.3 is 0 Å². The highest BCUT2D eigenvalue weighted by atomic mass is 16.5. The Morgan fingerprint density at radius 1 is 1.04 bits per heavy atom. The van der Waals surface area contributed by atoms with Gasteiger partial charge in [-0.15, -0.1) is 0 Å². The molecule has 2 rings (SSSR count). The van der Waals surface area contributed by atoms with E-state index in [-0.39, 0.29) is 5.91 Å². The lowest BCUT2D eigenvalue weighted by Crippen LogP contribution is -2.39. The van der Waals surface area contributed by atoms with Crippen LogP contribution in [0.5, 0.6) is 17.2 Å². The maximum atomic E-state index is 12.4. The van der Waals surface area contributed by atoms with Crippen molar-refractivity contribution in [2.24, 2.45) is 0 Å². The third-order valence-electron chi connectivity index (χ3n) is 4.22. The second-order valence-electron chi connectivity index (χ2n) is 6.00. The molecule has 1 amide bonds. The number of aryl methyl sites for hydroxylation is 1. The van der Waals surface area contributed by atoms with Crippen LogP contribution in [0.1, 0.15) is 24.5 Å². The smallest absolute Gasteiger partial charge is 0.261 e. The van der Waals surface area contributed by atoms with E-state index in [2.05, 4.69) is 5.32 Å². The predicted molar refractivity (Wildman–Crippen MR) is 102 cm³/mol. The van der Waals surface area contributed by atoms with Crippen LogP contribution >= 0.6 is 0 Å². The van der Waals surface area contributed by atoms with Crippen LogP contribution in [0, 0.1) is 13.8 Å². The van der Waals surface area contributed by atoms with Gasteiger partial charge in [0.15, 0.2) is 17.6 Å². The molecule has 1 atom stereocenters. The van der Waals surface area contributed by atoms with Crippen LogP contribution in [0.15, 0.2) is 42.5 Å². The fourth-order valence-electron chi connectivity index (χ4n) is 2.51. The number of methoxy groups -OCH3 is 1. The lowest BCUT2D eigenvalue weighted by molar-refractivity contribution is -0.128. The largest absolute Gasteiger partial charge is 0.493 e. The zero-order chi connectivity index (χ0) is 18.9. The van der Waals surface area contributed by atoms with Gasteiger partial charge in [0.2, 0.25) is 0 Å².